The molecule has 3 rings (SSSR count). The normalized spacial score (nSPS) is 13.9. The maximum atomic E-state index is 12.8. The smallest absolute Gasteiger partial charge is 0.407 e. The summed E-state index contributed by atoms with van der Waals surface area (Å²) in [6.45, 7) is 4.35. The Morgan fingerprint density at radius 3 is 2.14 bits per heavy atom. The third kappa shape index (κ3) is 7.07. The van der Waals surface area contributed by atoms with Gasteiger partial charge in [0.15, 0.2) is 0 Å². The fourth-order valence-electron chi connectivity index (χ4n) is 4.74. The van der Waals surface area contributed by atoms with Gasteiger partial charge in [0.05, 0.1) is 12.3 Å². The summed E-state index contributed by atoms with van der Waals surface area (Å²) >= 11 is 0. The number of alkyl carbamates (subject to hydrolysis) is 1. The molecule has 7 heteroatoms. The van der Waals surface area contributed by atoms with E-state index >= 15 is 0 Å². The average Bonchev–Trinajstić information content (AvgIpc) is 3.17. The molecule has 1 aliphatic rings. The maximum absolute atomic E-state index is 12.8. The second-order valence-electron chi connectivity index (χ2n) is 9.14. The van der Waals surface area contributed by atoms with E-state index in [0.717, 1.165) is 41.5 Å². The molecule has 2 aromatic carbocycles. The highest BCUT2D eigenvalue weighted by atomic mass is 16.5. The minimum Gasteiger partial charge on any atom is -0.481 e. The number of fused-ring (bicyclic) bond motifs is 3. The number of nitrogens with one attached hydrogen (secondary N) is 2. The summed E-state index contributed by atoms with van der Waals surface area (Å²) < 4.78 is 5.58. The van der Waals surface area contributed by atoms with Crippen LogP contribution in [0.4, 0.5) is 4.79 Å². The molecule has 0 aromatic heterocycles. The van der Waals surface area contributed by atoms with Crippen molar-refractivity contribution in [2.75, 3.05) is 13.2 Å². The highest BCUT2D eigenvalue weighted by molar-refractivity contribution is 5.81. The van der Waals surface area contributed by atoms with Gasteiger partial charge in [-0.05, 0) is 35.1 Å². The Morgan fingerprint density at radius 1 is 0.943 bits per heavy atom. The van der Waals surface area contributed by atoms with E-state index in [1.165, 1.54) is 0 Å². The zero-order valence-electron chi connectivity index (χ0n) is 20.6. The van der Waals surface area contributed by atoms with Crippen LogP contribution < -0.4 is 10.6 Å². The molecular weight excluding hydrogens is 444 g/mol. The number of rotatable bonds is 13. The van der Waals surface area contributed by atoms with Crippen LogP contribution in [0, 0.1) is 5.92 Å². The van der Waals surface area contributed by atoms with E-state index in [1.807, 2.05) is 38.1 Å². The quantitative estimate of drug-likeness (QED) is 0.370. The number of carbonyl (C=O) groups excluding carboxylic acids is 2. The lowest BCUT2D eigenvalue weighted by molar-refractivity contribution is -0.137. The number of aliphatic carboxylic acids is 1. The highest BCUT2D eigenvalue weighted by Crippen LogP contribution is 2.44. The van der Waals surface area contributed by atoms with E-state index in [9.17, 15) is 14.4 Å². The van der Waals surface area contributed by atoms with E-state index in [1.54, 1.807) is 0 Å². The molecule has 2 aromatic rings. The molecule has 0 spiro atoms. The molecule has 0 radical (unpaired) electrons. The van der Waals surface area contributed by atoms with Crippen LogP contribution in [0.15, 0.2) is 48.5 Å². The molecule has 2 atom stereocenters. The summed E-state index contributed by atoms with van der Waals surface area (Å²) in [7, 11) is 0. The van der Waals surface area contributed by atoms with Gasteiger partial charge >= 0.3 is 12.1 Å². The second-order valence-corrected chi connectivity index (χ2v) is 9.14. The van der Waals surface area contributed by atoms with Crippen LogP contribution in [-0.4, -0.2) is 42.3 Å². The van der Waals surface area contributed by atoms with E-state index < -0.39 is 24.0 Å². The Labute approximate surface area is 207 Å². The summed E-state index contributed by atoms with van der Waals surface area (Å²) in [5.41, 5.74) is 4.61. The number of hydrogen-bond acceptors (Lipinski definition) is 4. The lowest BCUT2D eigenvalue weighted by Gasteiger charge is -2.22. The average molecular weight is 481 g/mol. The van der Waals surface area contributed by atoms with Gasteiger partial charge in [-0.1, -0.05) is 81.6 Å². The Kier molecular flexibility index (Phi) is 9.70. The van der Waals surface area contributed by atoms with Crippen molar-refractivity contribution < 1.29 is 24.2 Å². The van der Waals surface area contributed by atoms with Crippen LogP contribution in [0.5, 0.6) is 0 Å². The molecule has 0 fully saturated rings. The summed E-state index contributed by atoms with van der Waals surface area (Å²) in [6.07, 6.45) is 3.07. The minimum absolute atomic E-state index is 0.0294. The van der Waals surface area contributed by atoms with Gasteiger partial charge in [-0.15, -0.1) is 0 Å². The van der Waals surface area contributed by atoms with E-state index in [-0.39, 0.29) is 31.4 Å². The fraction of sp³-hybridized carbons (Fsp3) is 0.464. The van der Waals surface area contributed by atoms with Crippen LogP contribution in [0.1, 0.15) is 69.4 Å². The standard InChI is InChI=1S/C28H36N2O5/c1-3-5-11-20(16-26(31)32)30-27(33)19(10-4-2)17-29-28(34)35-18-25-23-14-8-6-12-21(23)22-13-7-9-15-24(22)25/h6-9,12-15,19-20,25H,3-5,10-11,16-18H2,1-2H3,(H,29,34)(H,30,33)(H,31,32)/t19?,20-/m0/s1. The van der Waals surface area contributed by atoms with Crippen molar-refractivity contribution in [1.82, 2.24) is 10.6 Å². The maximum Gasteiger partial charge on any atom is 0.407 e. The van der Waals surface area contributed by atoms with Crippen LogP contribution in [0.2, 0.25) is 0 Å². The van der Waals surface area contributed by atoms with Gasteiger partial charge in [-0.25, -0.2) is 4.79 Å². The molecule has 0 bridgehead atoms. The van der Waals surface area contributed by atoms with Crippen molar-refractivity contribution >= 4 is 18.0 Å². The van der Waals surface area contributed by atoms with Crippen molar-refractivity contribution in [3.05, 3.63) is 59.7 Å². The van der Waals surface area contributed by atoms with Crippen LogP contribution >= 0.6 is 0 Å². The molecule has 35 heavy (non-hydrogen) atoms. The molecule has 7 nitrogen and oxygen atoms in total. The Bertz CT molecular complexity index is 976. The van der Waals surface area contributed by atoms with Crippen LogP contribution in [-0.2, 0) is 14.3 Å². The Hall–Kier alpha value is -3.35. The summed E-state index contributed by atoms with van der Waals surface area (Å²) in [5.74, 6) is -1.64. The number of carbonyl (C=O) groups is 3. The van der Waals surface area contributed by atoms with Crippen molar-refractivity contribution in [1.29, 1.82) is 0 Å². The molecule has 0 heterocycles. The number of benzene rings is 2. The van der Waals surface area contributed by atoms with Crippen molar-refractivity contribution in [2.45, 2.75) is 64.3 Å². The van der Waals surface area contributed by atoms with E-state index in [0.29, 0.717) is 12.8 Å². The van der Waals surface area contributed by atoms with Gasteiger partial charge in [0.1, 0.15) is 6.61 Å². The topological polar surface area (TPSA) is 105 Å². The second kappa shape index (κ2) is 12.9. The van der Waals surface area contributed by atoms with E-state index in [2.05, 4.69) is 34.9 Å². The van der Waals surface area contributed by atoms with Crippen molar-refractivity contribution in [3.63, 3.8) is 0 Å². The number of carboxylic acids is 1. The lowest BCUT2D eigenvalue weighted by Crippen LogP contribution is -2.44. The molecule has 188 valence electrons. The first-order chi connectivity index (χ1) is 16.9. The summed E-state index contributed by atoms with van der Waals surface area (Å²) in [6, 6.07) is 15.9. The summed E-state index contributed by atoms with van der Waals surface area (Å²) in [4.78, 5) is 36.5. The molecular formula is C28H36N2O5. The zero-order chi connectivity index (χ0) is 25.2. The van der Waals surface area contributed by atoms with Gasteiger partial charge in [0.25, 0.3) is 0 Å². The first kappa shape index (κ1) is 26.3. The molecule has 3 N–H and O–H groups in total. The highest BCUT2D eigenvalue weighted by Gasteiger charge is 2.29. The predicted octanol–water partition coefficient (Wildman–Crippen LogP) is 5.09. The number of hydrogen-bond donors (Lipinski definition) is 3. The number of amides is 2. The molecule has 0 aliphatic heterocycles. The lowest BCUT2D eigenvalue weighted by atomic mass is 9.98. The third-order valence-corrected chi connectivity index (χ3v) is 6.52. The Morgan fingerprint density at radius 2 is 1.57 bits per heavy atom. The van der Waals surface area contributed by atoms with Crippen LogP contribution in [0.3, 0.4) is 0 Å². The first-order valence-electron chi connectivity index (χ1n) is 12.6. The van der Waals surface area contributed by atoms with Gasteiger partial charge < -0.3 is 20.5 Å². The third-order valence-electron chi connectivity index (χ3n) is 6.52. The monoisotopic (exact) mass is 480 g/mol. The van der Waals surface area contributed by atoms with Crippen molar-refractivity contribution in [2.24, 2.45) is 5.92 Å². The van der Waals surface area contributed by atoms with Gasteiger partial charge in [-0.3, -0.25) is 9.59 Å². The van der Waals surface area contributed by atoms with Gasteiger partial charge in [0, 0.05) is 18.5 Å². The molecule has 2 amide bonds. The van der Waals surface area contributed by atoms with Gasteiger partial charge in [-0.2, -0.15) is 0 Å². The zero-order valence-corrected chi connectivity index (χ0v) is 20.6. The van der Waals surface area contributed by atoms with E-state index in [4.69, 9.17) is 9.84 Å². The molecule has 1 unspecified atom stereocenters. The summed E-state index contributed by atoms with van der Waals surface area (Å²) in [5, 5.41) is 14.8. The van der Waals surface area contributed by atoms with Crippen LogP contribution in [0.25, 0.3) is 11.1 Å². The SMILES string of the molecule is CCCC[C@@H](CC(=O)O)NC(=O)C(CCC)CNC(=O)OCC1c2ccccc2-c2ccccc21. The van der Waals surface area contributed by atoms with Gasteiger partial charge in [0.2, 0.25) is 5.91 Å². The first-order valence-corrected chi connectivity index (χ1v) is 12.6. The number of unbranched alkanes of at least 4 members (excludes halogenated alkanes) is 1. The number of ether oxygens (including phenoxy) is 1. The molecule has 0 saturated carbocycles. The minimum atomic E-state index is -0.935. The molecule has 1 aliphatic carbocycles. The largest absolute Gasteiger partial charge is 0.481 e. The molecule has 0 saturated heterocycles. The number of carboxylic acid groups (broad SMARTS) is 1. The predicted molar refractivity (Wildman–Crippen MR) is 135 cm³/mol. The fourth-order valence-corrected chi connectivity index (χ4v) is 4.74. The van der Waals surface area contributed by atoms with Crippen molar-refractivity contribution in [3.8, 4) is 11.1 Å². The Balaban J connectivity index is 1.55.